The Morgan fingerprint density at radius 3 is 2.67 bits per heavy atom. The Morgan fingerprint density at radius 1 is 1.83 bits per heavy atom. The van der Waals surface area contributed by atoms with Gasteiger partial charge < -0.3 is 0 Å². The first kappa shape index (κ1) is 6.10. The van der Waals surface area contributed by atoms with Crippen LogP contribution in [-0.4, -0.2) is 6.61 Å². The molecule has 0 N–H and O–H groups in total. The Morgan fingerprint density at radius 2 is 2.50 bits per heavy atom. The average molecular weight is 104 g/mol. The van der Waals surface area contributed by atoms with Gasteiger partial charge in [0.2, 0.25) is 0 Å². The molecule has 1 radical (unpaired) electrons. The Labute approximate surface area is 39.0 Å². The van der Waals surface area contributed by atoms with Gasteiger partial charge in [-0.15, -0.1) is 0 Å². The van der Waals surface area contributed by atoms with Crippen LogP contribution in [0.5, 0.6) is 0 Å². The van der Waals surface area contributed by atoms with Crippen molar-refractivity contribution >= 4 is 8.44 Å². The second-order valence-corrected chi connectivity index (χ2v) is 1.34. The van der Waals surface area contributed by atoms with Crippen LogP contribution >= 0.6 is 8.44 Å². The van der Waals surface area contributed by atoms with E-state index in [9.17, 15) is 0 Å². The SMILES string of the molecule is CCCO[P]#N. The Bertz CT molecular complexity index is 58.3. The Balaban J connectivity index is 2.54. The molecule has 0 rings (SSSR count). The summed E-state index contributed by atoms with van der Waals surface area (Å²) in [4.78, 5) is 0. The van der Waals surface area contributed by atoms with Crippen LogP contribution in [0.25, 0.3) is 0 Å². The summed E-state index contributed by atoms with van der Waals surface area (Å²) in [5.41, 5.74) is 0. The fourth-order valence-corrected chi connectivity index (χ4v) is 0.396. The zero-order valence-corrected chi connectivity index (χ0v) is 4.61. The van der Waals surface area contributed by atoms with E-state index in [4.69, 9.17) is 5.00 Å². The molecule has 3 heteroatoms. The first-order valence-corrected chi connectivity index (χ1v) is 2.64. The summed E-state index contributed by atoms with van der Waals surface area (Å²) < 4.78 is 4.51. The van der Waals surface area contributed by atoms with Crippen LogP contribution in [0, 0.1) is 5.00 Å². The molecule has 0 aromatic carbocycles. The van der Waals surface area contributed by atoms with Crippen molar-refractivity contribution in [1.29, 1.82) is 5.00 Å². The van der Waals surface area contributed by atoms with E-state index in [1.807, 2.05) is 6.92 Å². The number of hydrogen-bond donors (Lipinski definition) is 0. The van der Waals surface area contributed by atoms with E-state index in [0.29, 0.717) is 6.61 Å². The van der Waals surface area contributed by atoms with E-state index >= 15 is 0 Å². The second-order valence-electron chi connectivity index (χ2n) is 0.915. The van der Waals surface area contributed by atoms with E-state index in [1.54, 1.807) is 0 Å². The number of nitrogens with zero attached hydrogens (tertiary/aromatic N) is 1. The van der Waals surface area contributed by atoms with Crippen molar-refractivity contribution in [2.45, 2.75) is 13.3 Å². The molecule has 6 heavy (non-hydrogen) atoms. The predicted molar refractivity (Wildman–Crippen MR) is 24.9 cm³/mol. The molecule has 0 spiro atoms. The van der Waals surface area contributed by atoms with Gasteiger partial charge in [0, 0.05) is 0 Å². The zero-order chi connectivity index (χ0) is 4.83. The van der Waals surface area contributed by atoms with Crippen molar-refractivity contribution in [3.63, 3.8) is 0 Å². The van der Waals surface area contributed by atoms with Crippen LogP contribution in [0.4, 0.5) is 0 Å². The van der Waals surface area contributed by atoms with E-state index in [0.717, 1.165) is 6.42 Å². The van der Waals surface area contributed by atoms with Crippen molar-refractivity contribution in [1.82, 2.24) is 0 Å². The first-order chi connectivity index (χ1) is 2.91. The van der Waals surface area contributed by atoms with Gasteiger partial charge in [-0.3, -0.25) is 0 Å². The van der Waals surface area contributed by atoms with Gasteiger partial charge in [-0.2, -0.15) is 0 Å². The molecule has 0 bridgehead atoms. The van der Waals surface area contributed by atoms with Gasteiger partial charge in [0.1, 0.15) is 0 Å². The maximum atomic E-state index is 7.95. The molecule has 0 fully saturated rings. The topological polar surface area (TPSA) is 33.0 Å². The molecule has 0 amide bonds. The third-order valence-corrected chi connectivity index (χ3v) is 0.651. The van der Waals surface area contributed by atoms with Crippen molar-refractivity contribution in [2.24, 2.45) is 0 Å². The molecule has 2 nitrogen and oxygen atoms in total. The maximum absolute atomic E-state index is 7.95. The molecule has 0 atom stereocenters. The van der Waals surface area contributed by atoms with Crippen LogP contribution in [-0.2, 0) is 4.52 Å². The third-order valence-electron chi connectivity index (χ3n) is 0.353. The Hall–Kier alpha value is 0.100. The van der Waals surface area contributed by atoms with E-state index in [-0.39, 0.29) is 8.44 Å². The summed E-state index contributed by atoms with van der Waals surface area (Å²) in [6.07, 6.45) is 0.966. The van der Waals surface area contributed by atoms with Crippen LogP contribution in [0.2, 0.25) is 0 Å². The van der Waals surface area contributed by atoms with Crippen LogP contribution < -0.4 is 0 Å². The molecule has 0 aromatic heterocycles. The van der Waals surface area contributed by atoms with Gasteiger partial charge in [0.15, 0.2) is 0 Å². The molecular formula is C3H7NOP. The van der Waals surface area contributed by atoms with Crippen LogP contribution in [0.3, 0.4) is 0 Å². The zero-order valence-electron chi connectivity index (χ0n) is 3.72. The molecule has 0 aliphatic heterocycles. The molecule has 0 heterocycles. The fourth-order valence-electron chi connectivity index (χ4n) is 0.132. The summed E-state index contributed by atoms with van der Waals surface area (Å²) in [5, 5.41) is 7.95. The van der Waals surface area contributed by atoms with Gasteiger partial charge in [-0.05, 0) is 0 Å². The van der Waals surface area contributed by atoms with Crippen molar-refractivity contribution in [3.05, 3.63) is 0 Å². The average Bonchev–Trinajstić information content (AvgIpc) is 1.61. The van der Waals surface area contributed by atoms with Gasteiger partial charge in [0.05, 0.1) is 0 Å². The van der Waals surface area contributed by atoms with Crippen molar-refractivity contribution < 1.29 is 4.52 Å². The molecule has 0 aliphatic carbocycles. The molecule has 35 valence electrons. The molecule has 0 aromatic rings. The standard InChI is InChI=1S/C3H7NOP/c1-2-3-5-6-4/h2-3H2,1H3. The van der Waals surface area contributed by atoms with Crippen LogP contribution in [0.15, 0.2) is 0 Å². The van der Waals surface area contributed by atoms with Gasteiger partial charge in [-0.25, -0.2) is 0 Å². The van der Waals surface area contributed by atoms with Crippen LogP contribution in [0.1, 0.15) is 13.3 Å². The summed E-state index contributed by atoms with van der Waals surface area (Å²) in [6.45, 7) is 2.64. The third kappa shape index (κ3) is 4.10. The molecule has 0 unspecified atom stereocenters. The van der Waals surface area contributed by atoms with Gasteiger partial charge in [0.25, 0.3) is 0 Å². The molecule has 0 saturated carbocycles. The van der Waals surface area contributed by atoms with E-state index in [1.165, 1.54) is 0 Å². The molecule has 0 aliphatic rings. The minimum absolute atomic E-state index is 0.0454. The number of rotatable bonds is 2. The van der Waals surface area contributed by atoms with E-state index in [2.05, 4.69) is 4.52 Å². The Kier molecular flexibility index (Phi) is 5.18. The normalized spacial score (nSPS) is 8.00. The monoisotopic (exact) mass is 104 g/mol. The number of hydrogen-bond acceptors (Lipinski definition) is 2. The second kappa shape index (κ2) is 5.10. The summed E-state index contributed by atoms with van der Waals surface area (Å²) in [6, 6.07) is 0. The fraction of sp³-hybridized carbons (Fsp3) is 1.00. The summed E-state index contributed by atoms with van der Waals surface area (Å²) >= 11 is 0. The van der Waals surface area contributed by atoms with Gasteiger partial charge >= 0.3 is 37.9 Å². The minimum atomic E-state index is 0.0454. The summed E-state index contributed by atoms with van der Waals surface area (Å²) in [7, 11) is 0.0454. The molecule has 0 saturated heterocycles. The van der Waals surface area contributed by atoms with E-state index < -0.39 is 0 Å². The molecular weight excluding hydrogens is 97.0 g/mol. The quantitative estimate of drug-likeness (QED) is 0.395. The van der Waals surface area contributed by atoms with Crippen molar-refractivity contribution in [3.8, 4) is 0 Å². The summed E-state index contributed by atoms with van der Waals surface area (Å²) in [5.74, 6) is 0. The van der Waals surface area contributed by atoms with Gasteiger partial charge in [-0.1, -0.05) is 0 Å². The first-order valence-electron chi connectivity index (χ1n) is 1.88. The predicted octanol–water partition coefficient (Wildman–Crippen LogP) is 1.75. The van der Waals surface area contributed by atoms with Crippen molar-refractivity contribution in [2.75, 3.05) is 6.61 Å².